The van der Waals surface area contributed by atoms with Gasteiger partial charge in [0.2, 0.25) is 0 Å². The fourth-order valence-corrected chi connectivity index (χ4v) is 1.99. The Kier molecular flexibility index (Phi) is 5.65. The zero-order chi connectivity index (χ0) is 12.7. The number of nitriles is 1. The number of nitrogens with zero attached hydrogens (tertiary/aromatic N) is 2. The molecule has 0 saturated heterocycles. The van der Waals surface area contributed by atoms with Crippen LogP contribution in [0.1, 0.15) is 38.3 Å². The van der Waals surface area contributed by atoms with E-state index in [1.807, 2.05) is 4.90 Å². The molecule has 0 heterocycles. The lowest BCUT2D eigenvalue weighted by Gasteiger charge is -2.26. The van der Waals surface area contributed by atoms with E-state index in [1.165, 1.54) is 6.07 Å². The van der Waals surface area contributed by atoms with Gasteiger partial charge in [-0.05, 0) is 32.0 Å². The van der Waals surface area contributed by atoms with Gasteiger partial charge in [-0.15, -0.1) is 0 Å². The van der Waals surface area contributed by atoms with Gasteiger partial charge in [0.15, 0.2) is 0 Å². The minimum Gasteiger partial charge on any atom is -0.284 e. The highest BCUT2D eigenvalue weighted by Gasteiger charge is 2.21. The first-order chi connectivity index (χ1) is 8.24. The summed E-state index contributed by atoms with van der Waals surface area (Å²) in [4.78, 5) is 2.04. The van der Waals surface area contributed by atoms with Crippen molar-refractivity contribution in [3.8, 4) is 6.07 Å². The molecule has 1 rings (SSSR count). The third-order valence-corrected chi connectivity index (χ3v) is 2.71. The van der Waals surface area contributed by atoms with E-state index in [4.69, 9.17) is 0 Å². The molecule has 0 radical (unpaired) electrons. The van der Waals surface area contributed by atoms with Gasteiger partial charge in [-0.25, -0.2) is 4.39 Å². The molecular weight excluding hydrogens is 215 g/mol. The highest BCUT2D eigenvalue weighted by atomic mass is 19.1. The monoisotopic (exact) mass is 234 g/mol. The standard InChI is InChI=1S/C14H19FN2/c1-3-9-17(10-4-2)14(11-16)12-7-5-6-8-13(12)15/h5-8,14H,3-4,9-10H2,1-2H3. The van der Waals surface area contributed by atoms with Crippen LogP contribution in [-0.4, -0.2) is 18.0 Å². The van der Waals surface area contributed by atoms with Crippen LogP contribution in [0.15, 0.2) is 24.3 Å². The summed E-state index contributed by atoms with van der Waals surface area (Å²) in [7, 11) is 0. The molecule has 0 fully saturated rings. The molecule has 0 aliphatic carbocycles. The van der Waals surface area contributed by atoms with E-state index in [2.05, 4.69) is 19.9 Å². The van der Waals surface area contributed by atoms with Gasteiger partial charge in [0.05, 0.1) is 6.07 Å². The zero-order valence-electron chi connectivity index (χ0n) is 10.5. The minimum atomic E-state index is -0.476. The van der Waals surface area contributed by atoms with E-state index < -0.39 is 6.04 Å². The second-order valence-electron chi connectivity index (χ2n) is 4.09. The second kappa shape index (κ2) is 7.03. The van der Waals surface area contributed by atoms with Crippen molar-refractivity contribution < 1.29 is 4.39 Å². The van der Waals surface area contributed by atoms with Crippen LogP contribution < -0.4 is 0 Å². The molecule has 17 heavy (non-hydrogen) atoms. The van der Waals surface area contributed by atoms with Crippen molar-refractivity contribution >= 4 is 0 Å². The van der Waals surface area contributed by atoms with Crippen molar-refractivity contribution in [2.75, 3.05) is 13.1 Å². The molecule has 1 atom stereocenters. The highest BCUT2D eigenvalue weighted by molar-refractivity contribution is 5.25. The number of hydrogen-bond donors (Lipinski definition) is 0. The van der Waals surface area contributed by atoms with E-state index in [1.54, 1.807) is 18.2 Å². The summed E-state index contributed by atoms with van der Waals surface area (Å²) in [5.74, 6) is -0.295. The van der Waals surface area contributed by atoms with E-state index >= 15 is 0 Å². The first-order valence-electron chi connectivity index (χ1n) is 6.12. The van der Waals surface area contributed by atoms with E-state index in [0.29, 0.717) is 5.56 Å². The first kappa shape index (κ1) is 13.7. The summed E-state index contributed by atoms with van der Waals surface area (Å²) in [6.45, 7) is 5.78. The number of halogens is 1. The SMILES string of the molecule is CCCN(CCC)C(C#N)c1ccccc1F. The Bertz CT molecular complexity index is 378. The van der Waals surface area contributed by atoms with Gasteiger partial charge in [0.1, 0.15) is 11.9 Å². The molecule has 0 bridgehead atoms. The van der Waals surface area contributed by atoms with Crippen LogP contribution >= 0.6 is 0 Å². The van der Waals surface area contributed by atoms with Gasteiger partial charge >= 0.3 is 0 Å². The fraction of sp³-hybridized carbons (Fsp3) is 0.500. The number of rotatable bonds is 6. The summed E-state index contributed by atoms with van der Waals surface area (Å²) in [5.41, 5.74) is 0.483. The summed E-state index contributed by atoms with van der Waals surface area (Å²) < 4.78 is 13.7. The van der Waals surface area contributed by atoms with Crippen molar-refractivity contribution in [1.29, 1.82) is 5.26 Å². The van der Waals surface area contributed by atoms with Crippen LogP contribution in [0.25, 0.3) is 0 Å². The minimum absolute atomic E-state index is 0.295. The Morgan fingerprint density at radius 2 is 1.82 bits per heavy atom. The van der Waals surface area contributed by atoms with Crippen molar-refractivity contribution in [3.63, 3.8) is 0 Å². The van der Waals surface area contributed by atoms with Gasteiger partial charge in [-0.3, -0.25) is 4.90 Å². The molecular formula is C14H19FN2. The average Bonchev–Trinajstić information content (AvgIpc) is 2.33. The molecule has 3 heteroatoms. The van der Waals surface area contributed by atoms with Crippen LogP contribution in [0, 0.1) is 17.1 Å². The molecule has 0 aliphatic heterocycles. The molecule has 2 nitrogen and oxygen atoms in total. The maximum absolute atomic E-state index is 13.7. The van der Waals surface area contributed by atoms with Crippen molar-refractivity contribution in [2.24, 2.45) is 0 Å². The lowest BCUT2D eigenvalue weighted by Crippen LogP contribution is -2.30. The smallest absolute Gasteiger partial charge is 0.129 e. The van der Waals surface area contributed by atoms with Crippen LogP contribution in [0.3, 0.4) is 0 Å². The summed E-state index contributed by atoms with van der Waals surface area (Å²) in [5, 5.41) is 9.27. The molecule has 1 aromatic carbocycles. The molecule has 0 spiro atoms. The first-order valence-corrected chi connectivity index (χ1v) is 6.12. The normalized spacial score (nSPS) is 12.4. The van der Waals surface area contributed by atoms with E-state index in [0.717, 1.165) is 25.9 Å². The summed E-state index contributed by atoms with van der Waals surface area (Å²) in [6, 6.07) is 8.27. The third-order valence-electron chi connectivity index (χ3n) is 2.71. The van der Waals surface area contributed by atoms with E-state index in [-0.39, 0.29) is 5.82 Å². The topological polar surface area (TPSA) is 27.0 Å². The summed E-state index contributed by atoms with van der Waals surface area (Å²) >= 11 is 0. The lowest BCUT2D eigenvalue weighted by atomic mass is 10.1. The number of hydrogen-bond acceptors (Lipinski definition) is 2. The molecule has 92 valence electrons. The lowest BCUT2D eigenvalue weighted by molar-refractivity contribution is 0.233. The molecule has 0 N–H and O–H groups in total. The zero-order valence-corrected chi connectivity index (χ0v) is 10.5. The van der Waals surface area contributed by atoms with Crippen molar-refractivity contribution in [1.82, 2.24) is 4.90 Å². The maximum atomic E-state index is 13.7. The van der Waals surface area contributed by atoms with Crippen LogP contribution in [-0.2, 0) is 0 Å². The molecule has 1 aromatic rings. The van der Waals surface area contributed by atoms with Gasteiger partial charge < -0.3 is 0 Å². The molecule has 0 aromatic heterocycles. The predicted octanol–water partition coefficient (Wildman–Crippen LogP) is 3.51. The van der Waals surface area contributed by atoms with Gasteiger partial charge in [-0.1, -0.05) is 32.0 Å². The molecule has 0 aliphatic rings. The third kappa shape index (κ3) is 3.54. The van der Waals surface area contributed by atoms with E-state index in [9.17, 15) is 9.65 Å². The Hall–Kier alpha value is -1.40. The van der Waals surface area contributed by atoms with Crippen LogP contribution in [0.4, 0.5) is 4.39 Å². The Morgan fingerprint density at radius 1 is 1.24 bits per heavy atom. The highest BCUT2D eigenvalue weighted by Crippen LogP contribution is 2.23. The number of benzene rings is 1. The Labute approximate surface area is 103 Å². The van der Waals surface area contributed by atoms with Gasteiger partial charge in [0.25, 0.3) is 0 Å². The second-order valence-corrected chi connectivity index (χ2v) is 4.09. The van der Waals surface area contributed by atoms with Gasteiger partial charge in [-0.2, -0.15) is 5.26 Å². The van der Waals surface area contributed by atoms with Gasteiger partial charge in [0, 0.05) is 5.56 Å². The molecule has 0 saturated carbocycles. The molecule has 1 unspecified atom stereocenters. The van der Waals surface area contributed by atoms with Crippen molar-refractivity contribution in [3.05, 3.63) is 35.6 Å². The predicted molar refractivity (Wildman–Crippen MR) is 66.9 cm³/mol. The fourth-order valence-electron chi connectivity index (χ4n) is 1.99. The largest absolute Gasteiger partial charge is 0.284 e. The van der Waals surface area contributed by atoms with Crippen LogP contribution in [0.5, 0.6) is 0 Å². The quantitative estimate of drug-likeness (QED) is 0.753. The Morgan fingerprint density at radius 3 is 2.29 bits per heavy atom. The molecule has 0 amide bonds. The maximum Gasteiger partial charge on any atom is 0.129 e. The average molecular weight is 234 g/mol. The van der Waals surface area contributed by atoms with Crippen LogP contribution in [0.2, 0.25) is 0 Å². The summed E-state index contributed by atoms with van der Waals surface area (Å²) in [6.07, 6.45) is 1.93. The van der Waals surface area contributed by atoms with Crippen molar-refractivity contribution in [2.45, 2.75) is 32.7 Å². The Balaban J connectivity index is 2.97.